The molecule has 0 spiro atoms. The van der Waals surface area contributed by atoms with Gasteiger partial charge in [0, 0.05) is 6.54 Å². The molecular formula is C15H16N2O3. The number of hydrogen-bond donors (Lipinski definition) is 1. The highest BCUT2D eigenvalue weighted by molar-refractivity contribution is 5.69. The summed E-state index contributed by atoms with van der Waals surface area (Å²) in [6.07, 6.45) is 0. The Kier molecular flexibility index (Phi) is 4.20. The van der Waals surface area contributed by atoms with Crippen LogP contribution >= 0.6 is 0 Å². The van der Waals surface area contributed by atoms with Crippen molar-refractivity contribution in [1.82, 2.24) is 0 Å². The Morgan fingerprint density at radius 1 is 1.15 bits per heavy atom. The second-order valence-electron chi connectivity index (χ2n) is 4.31. The third-order valence-corrected chi connectivity index (χ3v) is 2.86. The fourth-order valence-corrected chi connectivity index (χ4v) is 1.92. The minimum Gasteiger partial charge on any atom is -0.450 e. The van der Waals surface area contributed by atoms with Gasteiger partial charge in [-0.1, -0.05) is 24.3 Å². The lowest BCUT2D eigenvalue weighted by atomic mass is 10.2. The van der Waals surface area contributed by atoms with Gasteiger partial charge in [0.15, 0.2) is 0 Å². The van der Waals surface area contributed by atoms with E-state index in [0.29, 0.717) is 18.0 Å². The van der Waals surface area contributed by atoms with Gasteiger partial charge in [0.25, 0.3) is 0 Å². The lowest BCUT2D eigenvalue weighted by molar-refractivity contribution is -0.384. The fourth-order valence-electron chi connectivity index (χ4n) is 1.92. The number of benzene rings is 2. The number of anilines is 1. The van der Waals surface area contributed by atoms with Gasteiger partial charge in [-0.15, -0.1) is 0 Å². The first-order chi connectivity index (χ1) is 9.63. The number of nitro benzene ring substituents is 1. The maximum absolute atomic E-state index is 11.3. The monoisotopic (exact) mass is 272 g/mol. The molecule has 0 aliphatic rings. The molecule has 0 saturated heterocycles. The van der Waals surface area contributed by atoms with Crippen LogP contribution in [0.3, 0.4) is 0 Å². The zero-order valence-corrected chi connectivity index (χ0v) is 11.4. The molecule has 0 amide bonds. The van der Waals surface area contributed by atoms with Crippen LogP contribution in [0.2, 0.25) is 0 Å². The molecular weight excluding hydrogens is 256 g/mol. The Morgan fingerprint density at radius 3 is 2.50 bits per heavy atom. The van der Waals surface area contributed by atoms with E-state index in [4.69, 9.17) is 4.74 Å². The van der Waals surface area contributed by atoms with Crippen LogP contribution in [-0.2, 0) is 0 Å². The highest BCUT2D eigenvalue weighted by Gasteiger charge is 2.21. The minimum atomic E-state index is -0.425. The lowest BCUT2D eigenvalue weighted by Gasteiger charge is -2.11. The van der Waals surface area contributed by atoms with E-state index in [1.807, 2.05) is 32.0 Å². The molecule has 0 atom stereocenters. The van der Waals surface area contributed by atoms with Crippen molar-refractivity contribution in [2.75, 3.05) is 11.9 Å². The van der Waals surface area contributed by atoms with Crippen LogP contribution in [-0.4, -0.2) is 11.5 Å². The fraction of sp³-hybridized carbons (Fsp3) is 0.200. The molecule has 0 unspecified atom stereocenters. The van der Waals surface area contributed by atoms with Gasteiger partial charge in [-0.3, -0.25) is 10.1 Å². The Balaban J connectivity index is 2.44. The molecule has 0 bridgehead atoms. The van der Waals surface area contributed by atoms with Crippen LogP contribution < -0.4 is 10.1 Å². The summed E-state index contributed by atoms with van der Waals surface area (Å²) in [7, 11) is 0. The summed E-state index contributed by atoms with van der Waals surface area (Å²) in [4.78, 5) is 10.9. The molecule has 0 aliphatic heterocycles. The molecule has 20 heavy (non-hydrogen) atoms. The third-order valence-electron chi connectivity index (χ3n) is 2.86. The van der Waals surface area contributed by atoms with Crippen molar-refractivity contribution in [2.24, 2.45) is 0 Å². The first-order valence-electron chi connectivity index (χ1n) is 6.38. The molecule has 0 aliphatic carbocycles. The lowest BCUT2D eigenvalue weighted by Crippen LogP contribution is -2.02. The number of nitrogens with one attached hydrogen (secondary N) is 1. The molecule has 2 aromatic carbocycles. The maximum Gasteiger partial charge on any atom is 0.334 e. The van der Waals surface area contributed by atoms with Crippen molar-refractivity contribution in [1.29, 1.82) is 0 Å². The van der Waals surface area contributed by atoms with Gasteiger partial charge in [0.1, 0.15) is 11.4 Å². The first-order valence-corrected chi connectivity index (χ1v) is 6.38. The molecule has 0 radical (unpaired) electrons. The molecule has 0 saturated carbocycles. The van der Waals surface area contributed by atoms with Crippen molar-refractivity contribution >= 4 is 11.4 Å². The Bertz CT molecular complexity index is 626. The number of aryl methyl sites for hydroxylation is 1. The van der Waals surface area contributed by atoms with Gasteiger partial charge in [-0.2, -0.15) is 0 Å². The van der Waals surface area contributed by atoms with Crippen LogP contribution in [0.4, 0.5) is 11.4 Å². The molecule has 104 valence electrons. The molecule has 0 heterocycles. The van der Waals surface area contributed by atoms with Crippen molar-refractivity contribution in [3.63, 3.8) is 0 Å². The number of rotatable bonds is 5. The van der Waals surface area contributed by atoms with Gasteiger partial charge >= 0.3 is 5.69 Å². The normalized spacial score (nSPS) is 10.1. The standard InChI is InChI=1S/C15H16N2O3/c1-3-16-12-8-6-10-14(15(12)17(18)19)20-13-9-5-4-7-11(13)2/h4-10,16H,3H2,1-2H3. The average molecular weight is 272 g/mol. The van der Waals surface area contributed by atoms with E-state index in [2.05, 4.69) is 5.32 Å². The zero-order valence-electron chi connectivity index (χ0n) is 11.4. The minimum absolute atomic E-state index is 0.0439. The Labute approximate surface area is 117 Å². The predicted molar refractivity (Wildman–Crippen MR) is 78.5 cm³/mol. The van der Waals surface area contributed by atoms with Crippen molar-refractivity contribution in [3.05, 3.63) is 58.1 Å². The van der Waals surface area contributed by atoms with E-state index in [0.717, 1.165) is 5.56 Å². The van der Waals surface area contributed by atoms with Crippen molar-refractivity contribution < 1.29 is 9.66 Å². The van der Waals surface area contributed by atoms with Gasteiger partial charge in [-0.05, 0) is 37.6 Å². The van der Waals surface area contributed by atoms with Crippen LogP contribution in [0.5, 0.6) is 11.5 Å². The zero-order chi connectivity index (χ0) is 14.5. The van der Waals surface area contributed by atoms with E-state index in [9.17, 15) is 10.1 Å². The molecule has 5 nitrogen and oxygen atoms in total. The summed E-state index contributed by atoms with van der Waals surface area (Å²) in [5.74, 6) is 0.854. The maximum atomic E-state index is 11.3. The number of hydrogen-bond acceptors (Lipinski definition) is 4. The molecule has 1 N–H and O–H groups in total. The van der Waals surface area contributed by atoms with Gasteiger partial charge in [0.2, 0.25) is 5.75 Å². The number of ether oxygens (including phenoxy) is 1. The smallest absolute Gasteiger partial charge is 0.334 e. The Hall–Kier alpha value is -2.56. The topological polar surface area (TPSA) is 64.4 Å². The second-order valence-corrected chi connectivity index (χ2v) is 4.31. The van der Waals surface area contributed by atoms with E-state index in [1.54, 1.807) is 24.3 Å². The number of nitrogens with zero attached hydrogens (tertiary/aromatic N) is 1. The summed E-state index contributed by atoms with van der Waals surface area (Å²) in [5, 5.41) is 14.3. The third kappa shape index (κ3) is 2.88. The van der Waals surface area contributed by atoms with E-state index in [-0.39, 0.29) is 11.4 Å². The largest absolute Gasteiger partial charge is 0.450 e. The SMILES string of the molecule is CCNc1cccc(Oc2ccccc2C)c1[N+](=O)[O-]. The van der Waals surface area contributed by atoms with Gasteiger partial charge in [0.05, 0.1) is 4.92 Å². The van der Waals surface area contributed by atoms with Crippen molar-refractivity contribution in [3.8, 4) is 11.5 Å². The summed E-state index contributed by atoms with van der Waals surface area (Å²) >= 11 is 0. The van der Waals surface area contributed by atoms with Crippen LogP contribution in [0, 0.1) is 17.0 Å². The van der Waals surface area contributed by atoms with E-state index >= 15 is 0 Å². The highest BCUT2D eigenvalue weighted by atomic mass is 16.6. The van der Waals surface area contributed by atoms with Gasteiger partial charge < -0.3 is 10.1 Å². The summed E-state index contributed by atoms with van der Waals surface area (Å²) in [6, 6.07) is 12.4. The van der Waals surface area contributed by atoms with Crippen molar-refractivity contribution in [2.45, 2.75) is 13.8 Å². The molecule has 2 rings (SSSR count). The highest BCUT2D eigenvalue weighted by Crippen LogP contribution is 2.38. The predicted octanol–water partition coefficient (Wildman–Crippen LogP) is 4.13. The Morgan fingerprint density at radius 2 is 1.85 bits per heavy atom. The summed E-state index contributed by atoms with van der Waals surface area (Å²) in [5.41, 5.74) is 1.34. The average Bonchev–Trinajstić information content (AvgIpc) is 2.41. The van der Waals surface area contributed by atoms with Crippen LogP contribution in [0.1, 0.15) is 12.5 Å². The molecule has 5 heteroatoms. The number of para-hydroxylation sites is 2. The van der Waals surface area contributed by atoms with E-state index in [1.165, 1.54) is 0 Å². The van der Waals surface area contributed by atoms with Crippen LogP contribution in [0.25, 0.3) is 0 Å². The summed E-state index contributed by atoms with van der Waals surface area (Å²) in [6.45, 7) is 4.39. The van der Waals surface area contributed by atoms with Gasteiger partial charge in [-0.25, -0.2) is 0 Å². The van der Waals surface area contributed by atoms with Crippen LogP contribution in [0.15, 0.2) is 42.5 Å². The van der Waals surface area contributed by atoms with E-state index < -0.39 is 4.92 Å². The first kappa shape index (κ1) is 13.9. The number of nitro groups is 1. The quantitative estimate of drug-likeness (QED) is 0.656. The summed E-state index contributed by atoms with van der Waals surface area (Å²) < 4.78 is 5.71. The second kappa shape index (κ2) is 6.06. The molecule has 0 aromatic heterocycles. The molecule has 0 fully saturated rings. The molecule has 2 aromatic rings.